The highest BCUT2D eigenvalue weighted by atomic mass is 32.1. The van der Waals surface area contributed by atoms with Crippen LogP contribution in [-0.4, -0.2) is 58.7 Å². The lowest BCUT2D eigenvalue weighted by Crippen LogP contribution is -2.59. The molecule has 0 saturated heterocycles. The molecule has 0 radical (unpaired) electrons. The van der Waals surface area contributed by atoms with Gasteiger partial charge in [0, 0.05) is 5.75 Å². The average molecular weight is 495 g/mol. The predicted octanol–water partition coefficient (Wildman–Crippen LogP) is 1.12. The Morgan fingerprint density at radius 3 is 1.91 bits per heavy atom. The van der Waals surface area contributed by atoms with Crippen LogP contribution < -0.4 is 21.7 Å². The molecule has 0 aliphatic rings. The maximum absolute atomic E-state index is 12.9. The van der Waals surface area contributed by atoms with Crippen LogP contribution in [0.5, 0.6) is 0 Å². The molecule has 0 fully saturated rings. The van der Waals surface area contributed by atoms with Crippen LogP contribution >= 0.6 is 12.6 Å². The number of hydrogen-bond acceptors (Lipinski definition) is 6. The Kier molecular flexibility index (Phi) is 12.7. The predicted molar refractivity (Wildman–Crippen MR) is 134 cm³/mol. The van der Waals surface area contributed by atoms with Gasteiger partial charge in [-0.1, -0.05) is 70.9 Å². The van der Waals surface area contributed by atoms with E-state index in [0.717, 1.165) is 5.56 Å². The number of nitrogens with two attached hydrogens (primary N) is 1. The van der Waals surface area contributed by atoms with E-state index in [2.05, 4.69) is 28.6 Å². The molecule has 6 N–H and O–H groups in total. The van der Waals surface area contributed by atoms with Gasteiger partial charge in [0.05, 0.1) is 6.04 Å². The Morgan fingerprint density at radius 2 is 1.41 bits per heavy atom. The molecule has 0 aliphatic carbocycles. The molecule has 10 heteroatoms. The minimum atomic E-state index is -1.13. The summed E-state index contributed by atoms with van der Waals surface area (Å²) in [6.07, 6.45) is 1.44. The Labute approximate surface area is 207 Å². The monoisotopic (exact) mass is 494 g/mol. The molecule has 6 unspecified atom stereocenters. The zero-order chi connectivity index (χ0) is 25.8. The van der Waals surface area contributed by atoms with Crippen molar-refractivity contribution in [2.45, 2.75) is 71.1 Å². The van der Waals surface area contributed by atoms with Crippen molar-refractivity contribution < 1.29 is 24.3 Å². The van der Waals surface area contributed by atoms with Crippen molar-refractivity contribution in [2.24, 2.45) is 17.6 Å². The first-order valence-electron chi connectivity index (χ1n) is 11.6. The van der Waals surface area contributed by atoms with E-state index in [9.17, 15) is 24.3 Å². The number of benzene rings is 1. The quantitative estimate of drug-likeness (QED) is 0.213. The van der Waals surface area contributed by atoms with Gasteiger partial charge >= 0.3 is 5.97 Å². The Hall–Kier alpha value is -2.59. The summed E-state index contributed by atoms with van der Waals surface area (Å²) in [5.41, 5.74) is 6.90. The second kappa shape index (κ2) is 14.6. The summed E-state index contributed by atoms with van der Waals surface area (Å²) in [5.74, 6) is -3.38. The van der Waals surface area contributed by atoms with Crippen LogP contribution in [0.2, 0.25) is 0 Å². The maximum atomic E-state index is 12.9. The number of nitrogens with one attached hydrogen (secondary N) is 3. The van der Waals surface area contributed by atoms with Crippen LogP contribution in [0.1, 0.15) is 46.1 Å². The molecule has 6 atom stereocenters. The van der Waals surface area contributed by atoms with Gasteiger partial charge in [-0.2, -0.15) is 12.6 Å². The van der Waals surface area contributed by atoms with E-state index < -0.39 is 47.9 Å². The molecule has 0 spiro atoms. The summed E-state index contributed by atoms with van der Waals surface area (Å²) in [4.78, 5) is 50.1. The highest BCUT2D eigenvalue weighted by Crippen LogP contribution is 2.12. The third-order valence-corrected chi connectivity index (χ3v) is 6.39. The lowest BCUT2D eigenvalue weighted by Gasteiger charge is -2.29. The fourth-order valence-electron chi connectivity index (χ4n) is 3.32. The molecule has 1 rings (SSSR count). The number of rotatable bonds is 14. The van der Waals surface area contributed by atoms with Gasteiger partial charge in [0.1, 0.15) is 18.1 Å². The van der Waals surface area contributed by atoms with E-state index in [1.54, 1.807) is 13.8 Å². The molecule has 0 heterocycles. The van der Waals surface area contributed by atoms with Crippen molar-refractivity contribution >= 4 is 36.3 Å². The molecule has 34 heavy (non-hydrogen) atoms. The van der Waals surface area contributed by atoms with Gasteiger partial charge < -0.3 is 26.8 Å². The molecule has 0 aromatic heterocycles. The third-order valence-electron chi connectivity index (χ3n) is 6.02. The van der Waals surface area contributed by atoms with E-state index in [1.807, 2.05) is 44.2 Å². The Morgan fingerprint density at radius 1 is 0.882 bits per heavy atom. The molecule has 0 aliphatic heterocycles. The van der Waals surface area contributed by atoms with E-state index in [0.29, 0.717) is 19.3 Å². The topological polar surface area (TPSA) is 151 Å². The van der Waals surface area contributed by atoms with E-state index in [4.69, 9.17) is 5.73 Å². The van der Waals surface area contributed by atoms with Gasteiger partial charge in [-0.05, 0) is 23.8 Å². The van der Waals surface area contributed by atoms with Crippen LogP contribution in [0.3, 0.4) is 0 Å². The second-order valence-corrected chi connectivity index (χ2v) is 8.99. The van der Waals surface area contributed by atoms with E-state index in [-0.39, 0.29) is 17.6 Å². The normalized spacial score (nSPS) is 16.3. The van der Waals surface area contributed by atoms with Crippen molar-refractivity contribution in [3.63, 3.8) is 0 Å². The number of thiol groups is 1. The van der Waals surface area contributed by atoms with Crippen LogP contribution in [-0.2, 0) is 25.6 Å². The lowest BCUT2D eigenvalue weighted by atomic mass is 9.95. The standard InChI is InChI=1S/C24H38N4O5S/c1-5-14(3)19(23(31)28-20(24(32)33)15(4)6-2)27-22(30)18(13-34)26-21(29)17(25)12-16-10-8-7-9-11-16/h7-11,14-15,17-20,34H,5-6,12-13,25H2,1-4H3,(H,26,29)(H,27,30)(H,28,31)(H,32,33). The molecular formula is C24H38N4O5S. The molecular weight excluding hydrogens is 456 g/mol. The summed E-state index contributed by atoms with van der Waals surface area (Å²) < 4.78 is 0. The number of carbonyl (C=O) groups is 4. The Balaban J connectivity index is 2.87. The van der Waals surface area contributed by atoms with E-state index >= 15 is 0 Å². The highest BCUT2D eigenvalue weighted by Gasteiger charge is 2.33. The molecule has 9 nitrogen and oxygen atoms in total. The second-order valence-electron chi connectivity index (χ2n) is 8.62. The minimum Gasteiger partial charge on any atom is -0.480 e. The van der Waals surface area contributed by atoms with Crippen molar-refractivity contribution in [2.75, 3.05) is 5.75 Å². The zero-order valence-electron chi connectivity index (χ0n) is 20.3. The van der Waals surface area contributed by atoms with Crippen LogP contribution in [0.15, 0.2) is 30.3 Å². The Bertz CT molecular complexity index is 823. The van der Waals surface area contributed by atoms with Crippen LogP contribution in [0, 0.1) is 11.8 Å². The maximum Gasteiger partial charge on any atom is 0.326 e. The molecule has 0 bridgehead atoms. The number of aliphatic carboxylic acids is 1. The lowest BCUT2D eigenvalue weighted by molar-refractivity contribution is -0.144. The number of carboxylic acid groups (broad SMARTS) is 1. The van der Waals surface area contributed by atoms with Gasteiger partial charge in [0.25, 0.3) is 0 Å². The van der Waals surface area contributed by atoms with Crippen molar-refractivity contribution in [1.82, 2.24) is 16.0 Å². The first kappa shape index (κ1) is 29.4. The summed E-state index contributed by atoms with van der Waals surface area (Å²) in [5, 5.41) is 17.3. The summed E-state index contributed by atoms with van der Waals surface area (Å²) in [7, 11) is 0. The summed E-state index contributed by atoms with van der Waals surface area (Å²) in [6, 6.07) is 5.35. The molecule has 1 aromatic rings. The largest absolute Gasteiger partial charge is 0.480 e. The van der Waals surface area contributed by atoms with Crippen molar-refractivity contribution in [3.8, 4) is 0 Å². The van der Waals surface area contributed by atoms with Gasteiger partial charge in [-0.3, -0.25) is 14.4 Å². The molecule has 3 amide bonds. The minimum absolute atomic E-state index is 0.00487. The number of carbonyl (C=O) groups excluding carboxylic acids is 3. The zero-order valence-corrected chi connectivity index (χ0v) is 21.2. The first-order chi connectivity index (χ1) is 16.0. The molecule has 0 saturated carbocycles. The van der Waals surface area contributed by atoms with Crippen molar-refractivity contribution in [1.29, 1.82) is 0 Å². The first-order valence-corrected chi connectivity index (χ1v) is 12.2. The molecule has 1 aromatic carbocycles. The third kappa shape index (κ3) is 8.98. The smallest absolute Gasteiger partial charge is 0.326 e. The summed E-state index contributed by atoms with van der Waals surface area (Å²) >= 11 is 4.17. The van der Waals surface area contributed by atoms with Crippen molar-refractivity contribution in [3.05, 3.63) is 35.9 Å². The van der Waals surface area contributed by atoms with Gasteiger partial charge in [-0.15, -0.1) is 0 Å². The van der Waals surface area contributed by atoms with Gasteiger partial charge in [0.15, 0.2) is 0 Å². The number of amides is 3. The number of hydrogen-bond donors (Lipinski definition) is 6. The van der Waals surface area contributed by atoms with Gasteiger partial charge in [-0.25, -0.2) is 4.79 Å². The molecule has 190 valence electrons. The number of carboxylic acids is 1. The van der Waals surface area contributed by atoms with Gasteiger partial charge in [0.2, 0.25) is 17.7 Å². The summed E-state index contributed by atoms with van der Waals surface area (Å²) in [6.45, 7) is 7.22. The fraction of sp³-hybridized carbons (Fsp3) is 0.583. The fourth-order valence-corrected chi connectivity index (χ4v) is 3.57. The van der Waals surface area contributed by atoms with Crippen LogP contribution in [0.25, 0.3) is 0 Å². The highest BCUT2D eigenvalue weighted by molar-refractivity contribution is 7.80. The average Bonchev–Trinajstić information content (AvgIpc) is 2.83. The SMILES string of the molecule is CCC(C)C(NC(=O)C(NC(=O)C(CS)NC(=O)C(N)Cc1ccccc1)C(C)CC)C(=O)O. The van der Waals surface area contributed by atoms with Crippen LogP contribution in [0.4, 0.5) is 0 Å². The van der Waals surface area contributed by atoms with E-state index in [1.165, 1.54) is 0 Å².